The molecule has 0 spiro atoms. The number of aromatic amines is 2. The molecule has 0 aliphatic carbocycles. The number of aromatic nitrogens is 4. The molecule has 0 amide bonds. The van der Waals surface area contributed by atoms with Crippen LogP contribution in [-0.4, -0.2) is 33.2 Å². The molecule has 7 heteroatoms. The lowest BCUT2D eigenvalue weighted by Gasteiger charge is -2.03. The molecule has 4 rings (SSSR count). The Morgan fingerprint density at radius 1 is 1.19 bits per heavy atom. The first-order chi connectivity index (χ1) is 12.7. The van der Waals surface area contributed by atoms with E-state index in [-0.39, 0.29) is 0 Å². The summed E-state index contributed by atoms with van der Waals surface area (Å²) in [6.45, 7) is 0. The van der Waals surface area contributed by atoms with Crippen molar-refractivity contribution < 1.29 is 4.74 Å². The van der Waals surface area contributed by atoms with Gasteiger partial charge in [-0.1, -0.05) is 30.3 Å². The Morgan fingerprint density at radius 3 is 2.81 bits per heavy atom. The third kappa shape index (κ3) is 3.16. The molecular weight excluding hydrogens is 346 g/mol. The van der Waals surface area contributed by atoms with E-state index in [4.69, 9.17) is 17.0 Å². The Labute approximate surface area is 155 Å². The number of nitrogens with one attached hydrogen (secondary N) is 2. The fraction of sp³-hybridized carbons (Fsp3) is 0.105. The standard InChI is InChI=1S/C19H17N5OS/c1-25-15-8-6-13(7-9-15)10-18-22-23-19(26)24(18)21-12-14-11-20-17-5-3-2-4-16(14)17/h2-9,11-12,20H,10H2,1H3,(H,23,26)/b21-12+. The van der Waals surface area contributed by atoms with E-state index in [0.717, 1.165) is 33.6 Å². The summed E-state index contributed by atoms with van der Waals surface area (Å²) >= 11 is 5.32. The van der Waals surface area contributed by atoms with Crippen molar-refractivity contribution in [3.05, 3.63) is 76.5 Å². The molecular formula is C19H17N5OS. The van der Waals surface area contributed by atoms with Crippen LogP contribution < -0.4 is 4.74 Å². The Bertz CT molecular complexity index is 1120. The van der Waals surface area contributed by atoms with Crippen LogP contribution in [0.5, 0.6) is 5.75 Å². The SMILES string of the molecule is COc1ccc(Cc2n[nH]c(=S)n2/N=C/c2c[nH]c3ccccc23)cc1. The van der Waals surface area contributed by atoms with Crippen LogP contribution in [0.1, 0.15) is 17.0 Å². The minimum Gasteiger partial charge on any atom is -0.497 e. The molecule has 0 atom stereocenters. The zero-order valence-corrected chi connectivity index (χ0v) is 15.0. The molecule has 6 nitrogen and oxygen atoms in total. The maximum Gasteiger partial charge on any atom is 0.216 e. The second-order valence-electron chi connectivity index (χ2n) is 5.82. The summed E-state index contributed by atoms with van der Waals surface area (Å²) < 4.78 is 7.31. The fourth-order valence-electron chi connectivity index (χ4n) is 2.80. The first-order valence-electron chi connectivity index (χ1n) is 8.14. The van der Waals surface area contributed by atoms with Crippen molar-refractivity contribution in [2.45, 2.75) is 6.42 Å². The second kappa shape index (κ2) is 6.97. The van der Waals surface area contributed by atoms with Gasteiger partial charge < -0.3 is 9.72 Å². The van der Waals surface area contributed by atoms with E-state index in [1.807, 2.05) is 48.7 Å². The number of H-pyrrole nitrogens is 2. The largest absolute Gasteiger partial charge is 0.497 e. The third-order valence-corrected chi connectivity index (χ3v) is 4.44. The Morgan fingerprint density at radius 2 is 2.00 bits per heavy atom. The molecule has 0 bridgehead atoms. The normalized spacial score (nSPS) is 11.4. The van der Waals surface area contributed by atoms with Gasteiger partial charge in [-0.15, -0.1) is 0 Å². The zero-order chi connectivity index (χ0) is 17.9. The minimum absolute atomic E-state index is 0.463. The van der Waals surface area contributed by atoms with Crippen molar-refractivity contribution in [3.8, 4) is 5.75 Å². The first kappa shape index (κ1) is 16.3. The van der Waals surface area contributed by atoms with Crippen LogP contribution in [0.15, 0.2) is 59.8 Å². The molecule has 2 aromatic heterocycles. The molecule has 2 aromatic carbocycles. The van der Waals surface area contributed by atoms with Crippen molar-refractivity contribution in [3.63, 3.8) is 0 Å². The van der Waals surface area contributed by atoms with Gasteiger partial charge in [-0.05, 0) is 36.0 Å². The van der Waals surface area contributed by atoms with E-state index in [2.05, 4.69) is 26.3 Å². The van der Waals surface area contributed by atoms with Crippen molar-refractivity contribution in [2.24, 2.45) is 5.10 Å². The molecule has 2 N–H and O–H groups in total. The van der Waals surface area contributed by atoms with Crippen LogP contribution in [0.4, 0.5) is 0 Å². The molecule has 0 saturated heterocycles. The molecule has 130 valence electrons. The van der Waals surface area contributed by atoms with Crippen LogP contribution in [0.2, 0.25) is 0 Å². The van der Waals surface area contributed by atoms with E-state index < -0.39 is 0 Å². The van der Waals surface area contributed by atoms with Gasteiger partial charge in [0.05, 0.1) is 13.3 Å². The topological polar surface area (TPSA) is 71.0 Å². The van der Waals surface area contributed by atoms with Crippen molar-refractivity contribution >= 4 is 29.3 Å². The van der Waals surface area contributed by atoms with Gasteiger partial charge in [0, 0.05) is 29.1 Å². The molecule has 0 aliphatic rings. The lowest BCUT2D eigenvalue weighted by molar-refractivity contribution is 0.414. The highest BCUT2D eigenvalue weighted by Crippen LogP contribution is 2.17. The number of fused-ring (bicyclic) bond motifs is 1. The number of hydrogen-bond donors (Lipinski definition) is 2. The summed E-state index contributed by atoms with van der Waals surface area (Å²) in [7, 11) is 1.65. The van der Waals surface area contributed by atoms with Gasteiger partial charge in [0.2, 0.25) is 4.77 Å². The maximum atomic E-state index is 5.32. The third-order valence-electron chi connectivity index (χ3n) is 4.17. The summed E-state index contributed by atoms with van der Waals surface area (Å²) in [6.07, 6.45) is 4.34. The van der Waals surface area contributed by atoms with Crippen LogP contribution in [0.25, 0.3) is 10.9 Å². The predicted octanol–water partition coefficient (Wildman–Crippen LogP) is 3.90. The van der Waals surface area contributed by atoms with Gasteiger partial charge in [0.1, 0.15) is 5.75 Å². The van der Waals surface area contributed by atoms with Crippen molar-refractivity contribution in [1.82, 2.24) is 19.9 Å². The summed E-state index contributed by atoms with van der Waals surface area (Å²) in [5, 5.41) is 12.8. The average Bonchev–Trinajstić information content (AvgIpc) is 3.24. The number of para-hydroxylation sites is 1. The smallest absolute Gasteiger partial charge is 0.216 e. The molecule has 0 unspecified atom stereocenters. The maximum absolute atomic E-state index is 5.32. The summed E-state index contributed by atoms with van der Waals surface area (Å²) in [5.74, 6) is 1.57. The van der Waals surface area contributed by atoms with E-state index in [9.17, 15) is 0 Å². The fourth-order valence-corrected chi connectivity index (χ4v) is 3.00. The molecule has 2 heterocycles. The number of methoxy groups -OCH3 is 1. The van der Waals surface area contributed by atoms with Gasteiger partial charge in [-0.25, -0.2) is 0 Å². The Balaban J connectivity index is 1.62. The predicted molar refractivity (Wildman–Crippen MR) is 105 cm³/mol. The molecule has 26 heavy (non-hydrogen) atoms. The average molecular weight is 363 g/mol. The minimum atomic E-state index is 0.463. The molecule has 0 aliphatic heterocycles. The number of nitrogens with zero attached hydrogens (tertiary/aromatic N) is 3. The van der Waals surface area contributed by atoms with Gasteiger partial charge in [0.25, 0.3) is 0 Å². The van der Waals surface area contributed by atoms with Gasteiger partial charge in [-0.2, -0.15) is 14.9 Å². The summed E-state index contributed by atoms with van der Waals surface area (Å²) in [4.78, 5) is 3.24. The van der Waals surface area contributed by atoms with E-state index >= 15 is 0 Å². The molecule has 0 fully saturated rings. The number of ether oxygens (including phenoxy) is 1. The van der Waals surface area contributed by atoms with Crippen LogP contribution in [-0.2, 0) is 6.42 Å². The zero-order valence-electron chi connectivity index (χ0n) is 14.1. The lowest BCUT2D eigenvalue weighted by atomic mass is 10.1. The first-order valence-corrected chi connectivity index (χ1v) is 8.55. The van der Waals surface area contributed by atoms with Crippen molar-refractivity contribution in [1.29, 1.82) is 0 Å². The summed E-state index contributed by atoms with van der Waals surface area (Å²) in [6, 6.07) is 16.0. The quantitative estimate of drug-likeness (QED) is 0.417. The Hall–Kier alpha value is -3.19. The highest BCUT2D eigenvalue weighted by Gasteiger charge is 2.07. The van der Waals surface area contributed by atoms with Gasteiger partial charge >= 0.3 is 0 Å². The highest BCUT2D eigenvalue weighted by molar-refractivity contribution is 7.71. The molecule has 4 aromatic rings. The van der Waals surface area contributed by atoms with Gasteiger partial charge in [0.15, 0.2) is 5.82 Å². The highest BCUT2D eigenvalue weighted by atomic mass is 32.1. The van der Waals surface area contributed by atoms with Gasteiger partial charge in [-0.3, -0.25) is 5.10 Å². The van der Waals surface area contributed by atoms with E-state index in [0.29, 0.717) is 11.2 Å². The lowest BCUT2D eigenvalue weighted by Crippen LogP contribution is -2.00. The monoisotopic (exact) mass is 363 g/mol. The molecule has 0 saturated carbocycles. The Kier molecular flexibility index (Phi) is 4.37. The van der Waals surface area contributed by atoms with Crippen molar-refractivity contribution in [2.75, 3.05) is 7.11 Å². The van der Waals surface area contributed by atoms with E-state index in [1.165, 1.54) is 0 Å². The van der Waals surface area contributed by atoms with Crippen LogP contribution in [0, 0.1) is 4.77 Å². The number of rotatable bonds is 5. The van der Waals surface area contributed by atoms with E-state index in [1.54, 1.807) is 18.0 Å². The van der Waals surface area contributed by atoms with Crippen LogP contribution in [0.3, 0.4) is 0 Å². The molecule has 0 radical (unpaired) electrons. The number of hydrogen-bond acceptors (Lipinski definition) is 4. The number of benzene rings is 2. The summed E-state index contributed by atoms with van der Waals surface area (Å²) in [5.41, 5.74) is 3.17. The van der Waals surface area contributed by atoms with Crippen LogP contribution >= 0.6 is 12.2 Å². The second-order valence-corrected chi connectivity index (χ2v) is 6.20.